The average Bonchev–Trinajstić information content (AvgIpc) is 3.63. The predicted molar refractivity (Wildman–Crippen MR) is 172 cm³/mol. The third kappa shape index (κ3) is 3.36. The van der Waals surface area contributed by atoms with Gasteiger partial charge in [0.25, 0.3) is 0 Å². The molecule has 9 aromatic rings. The minimum atomic E-state index is 0.688. The van der Waals surface area contributed by atoms with Gasteiger partial charge in [0.05, 0.1) is 16.7 Å². The van der Waals surface area contributed by atoms with Crippen LogP contribution in [0, 0.1) is 0 Å². The highest BCUT2D eigenvalue weighted by atomic mass is 16.3. The normalized spacial score (nSPS) is 11.8. The van der Waals surface area contributed by atoms with E-state index in [1.54, 1.807) is 0 Å². The first-order valence-corrected chi connectivity index (χ1v) is 14.1. The summed E-state index contributed by atoms with van der Waals surface area (Å²) < 4.78 is 6.32. The van der Waals surface area contributed by atoms with Crippen molar-refractivity contribution in [3.8, 4) is 33.8 Å². The van der Waals surface area contributed by atoms with Crippen LogP contribution < -0.4 is 0 Å². The Kier molecular flexibility index (Phi) is 4.87. The van der Waals surface area contributed by atoms with E-state index in [1.165, 1.54) is 10.8 Å². The van der Waals surface area contributed by atoms with Crippen molar-refractivity contribution in [3.63, 3.8) is 0 Å². The lowest BCUT2D eigenvalue weighted by Gasteiger charge is -2.14. The molecule has 0 radical (unpaired) electrons. The van der Waals surface area contributed by atoms with Crippen LogP contribution >= 0.6 is 0 Å². The van der Waals surface area contributed by atoms with Gasteiger partial charge < -0.3 is 9.40 Å². The van der Waals surface area contributed by atoms with E-state index in [0.717, 1.165) is 71.8 Å². The van der Waals surface area contributed by atoms with Gasteiger partial charge in [0, 0.05) is 49.1 Å². The molecule has 0 saturated heterocycles. The number of aromatic nitrogens is 3. The van der Waals surface area contributed by atoms with E-state index in [0.29, 0.717) is 5.82 Å². The number of nitrogens with zero attached hydrogens (tertiary/aromatic N) is 2. The maximum absolute atomic E-state index is 6.32. The summed E-state index contributed by atoms with van der Waals surface area (Å²) in [6.07, 6.45) is 0. The Labute approximate surface area is 240 Å². The van der Waals surface area contributed by atoms with Crippen LogP contribution in [0.3, 0.4) is 0 Å². The molecule has 0 aliphatic carbocycles. The van der Waals surface area contributed by atoms with E-state index in [9.17, 15) is 0 Å². The quantitative estimate of drug-likeness (QED) is 0.244. The van der Waals surface area contributed by atoms with Crippen molar-refractivity contribution in [1.29, 1.82) is 0 Å². The molecule has 0 saturated carbocycles. The monoisotopic (exact) mass is 537 g/mol. The van der Waals surface area contributed by atoms with Gasteiger partial charge in [-0.15, -0.1) is 0 Å². The van der Waals surface area contributed by atoms with E-state index in [1.807, 2.05) is 36.4 Å². The van der Waals surface area contributed by atoms with E-state index >= 15 is 0 Å². The van der Waals surface area contributed by atoms with Gasteiger partial charge >= 0.3 is 0 Å². The molecule has 4 nitrogen and oxygen atoms in total. The van der Waals surface area contributed by atoms with Crippen LogP contribution in [0.25, 0.3) is 88.4 Å². The summed E-state index contributed by atoms with van der Waals surface area (Å²) in [6, 6.07) is 46.0. The lowest BCUT2D eigenvalue weighted by Crippen LogP contribution is -1.97. The zero-order valence-corrected chi connectivity index (χ0v) is 22.5. The number of rotatable bonds is 3. The molecule has 6 aromatic carbocycles. The highest BCUT2D eigenvalue weighted by Crippen LogP contribution is 2.45. The summed E-state index contributed by atoms with van der Waals surface area (Å²) in [5, 5.41) is 5.56. The zero-order chi connectivity index (χ0) is 27.6. The Bertz CT molecular complexity index is 2470. The first kappa shape index (κ1) is 23.0. The molecular formula is C38H23N3O. The van der Waals surface area contributed by atoms with Crippen LogP contribution in [0.1, 0.15) is 0 Å². The third-order valence-electron chi connectivity index (χ3n) is 8.25. The molecule has 9 rings (SSSR count). The van der Waals surface area contributed by atoms with Crippen molar-refractivity contribution in [2.45, 2.75) is 0 Å². The smallest absolute Gasteiger partial charge is 0.161 e. The summed E-state index contributed by atoms with van der Waals surface area (Å²) >= 11 is 0. The third-order valence-corrected chi connectivity index (χ3v) is 8.25. The number of hydrogen-bond acceptors (Lipinski definition) is 3. The molecule has 0 spiro atoms. The largest absolute Gasteiger partial charge is 0.456 e. The van der Waals surface area contributed by atoms with Crippen LogP contribution in [0.4, 0.5) is 0 Å². The molecule has 0 amide bonds. The maximum Gasteiger partial charge on any atom is 0.161 e. The first-order chi connectivity index (χ1) is 20.8. The van der Waals surface area contributed by atoms with Gasteiger partial charge in [-0.3, -0.25) is 0 Å². The molecule has 0 fully saturated rings. The van der Waals surface area contributed by atoms with E-state index < -0.39 is 0 Å². The Balaban J connectivity index is 1.44. The van der Waals surface area contributed by atoms with Crippen molar-refractivity contribution >= 4 is 54.6 Å². The lowest BCUT2D eigenvalue weighted by atomic mass is 9.92. The number of hydrogen-bond donors (Lipinski definition) is 1. The Morgan fingerprint density at radius 1 is 0.500 bits per heavy atom. The van der Waals surface area contributed by atoms with Crippen LogP contribution in [-0.4, -0.2) is 15.0 Å². The van der Waals surface area contributed by atoms with Crippen molar-refractivity contribution in [2.24, 2.45) is 0 Å². The number of H-pyrrole nitrogens is 1. The summed E-state index contributed by atoms with van der Waals surface area (Å²) in [5.41, 5.74) is 9.91. The van der Waals surface area contributed by atoms with Gasteiger partial charge in [-0.25, -0.2) is 9.97 Å². The molecule has 196 valence electrons. The summed E-state index contributed by atoms with van der Waals surface area (Å²) in [7, 11) is 0. The fourth-order valence-corrected chi connectivity index (χ4v) is 6.38. The molecule has 0 aliphatic rings. The van der Waals surface area contributed by atoms with E-state index in [-0.39, 0.29) is 0 Å². The standard InChI is InChI=1S/C38H23N3O/c1-2-11-23(12-3-1)36-26-14-5-8-18-31(26)40-38(41-36)29-22-21-25-24-13-4-7-17-30(24)39-37(25)35(29)28-16-10-20-33-34(28)27-15-6-9-19-32(27)42-33/h1-22,39H. The van der Waals surface area contributed by atoms with Crippen molar-refractivity contribution < 1.29 is 4.42 Å². The average molecular weight is 538 g/mol. The first-order valence-electron chi connectivity index (χ1n) is 14.1. The minimum Gasteiger partial charge on any atom is -0.456 e. The van der Waals surface area contributed by atoms with Crippen LogP contribution in [0.5, 0.6) is 0 Å². The highest BCUT2D eigenvalue weighted by Gasteiger charge is 2.22. The van der Waals surface area contributed by atoms with Gasteiger partial charge in [0.2, 0.25) is 0 Å². The van der Waals surface area contributed by atoms with Crippen LogP contribution in [-0.2, 0) is 0 Å². The van der Waals surface area contributed by atoms with Gasteiger partial charge in [-0.05, 0) is 35.9 Å². The highest BCUT2D eigenvalue weighted by molar-refractivity contribution is 6.20. The second-order valence-corrected chi connectivity index (χ2v) is 10.6. The number of para-hydroxylation sites is 3. The van der Waals surface area contributed by atoms with Crippen LogP contribution in [0.15, 0.2) is 138 Å². The fraction of sp³-hybridized carbons (Fsp3) is 0. The second kappa shape index (κ2) is 8.88. The SMILES string of the molecule is c1ccc(-c2nc(-c3ccc4c([nH]c5ccccc54)c3-c3cccc4oc5ccccc5c34)nc3ccccc23)cc1. The van der Waals surface area contributed by atoms with Crippen LogP contribution in [0.2, 0.25) is 0 Å². The number of furan rings is 1. The Morgan fingerprint density at radius 2 is 1.24 bits per heavy atom. The fourth-order valence-electron chi connectivity index (χ4n) is 6.38. The molecule has 0 unspecified atom stereocenters. The summed E-state index contributed by atoms with van der Waals surface area (Å²) in [5.74, 6) is 0.688. The van der Waals surface area contributed by atoms with Gasteiger partial charge in [-0.2, -0.15) is 0 Å². The number of benzene rings is 6. The van der Waals surface area contributed by atoms with Crippen molar-refractivity contribution in [1.82, 2.24) is 15.0 Å². The zero-order valence-electron chi connectivity index (χ0n) is 22.5. The van der Waals surface area contributed by atoms with E-state index in [2.05, 4.69) is 102 Å². The number of nitrogens with one attached hydrogen (secondary N) is 1. The molecule has 0 bridgehead atoms. The lowest BCUT2D eigenvalue weighted by molar-refractivity contribution is 0.669. The van der Waals surface area contributed by atoms with Crippen molar-refractivity contribution in [2.75, 3.05) is 0 Å². The predicted octanol–water partition coefficient (Wildman–Crippen LogP) is 10.2. The summed E-state index contributed by atoms with van der Waals surface area (Å²) in [6.45, 7) is 0. The molecule has 0 aliphatic heterocycles. The molecule has 4 heteroatoms. The van der Waals surface area contributed by atoms with E-state index in [4.69, 9.17) is 14.4 Å². The molecule has 42 heavy (non-hydrogen) atoms. The molecule has 3 aromatic heterocycles. The van der Waals surface area contributed by atoms with Gasteiger partial charge in [0.15, 0.2) is 5.82 Å². The number of fused-ring (bicyclic) bond motifs is 7. The minimum absolute atomic E-state index is 0.688. The number of aromatic amines is 1. The molecule has 3 heterocycles. The van der Waals surface area contributed by atoms with Gasteiger partial charge in [-0.1, -0.05) is 103 Å². The topological polar surface area (TPSA) is 54.7 Å². The summed E-state index contributed by atoms with van der Waals surface area (Å²) in [4.78, 5) is 14.2. The Hall–Kier alpha value is -5.74. The molecule has 0 atom stereocenters. The second-order valence-electron chi connectivity index (χ2n) is 10.6. The Morgan fingerprint density at radius 3 is 2.14 bits per heavy atom. The molecular weight excluding hydrogens is 514 g/mol. The van der Waals surface area contributed by atoms with Gasteiger partial charge in [0.1, 0.15) is 11.2 Å². The molecule has 1 N–H and O–H groups in total. The maximum atomic E-state index is 6.32. The van der Waals surface area contributed by atoms with Crippen molar-refractivity contribution in [3.05, 3.63) is 133 Å².